The Morgan fingerprint density at radius 2 is 2.13 bits per heavy atom. The Labute approximate surface area is 178 Å². The minimum absolute atomic E-state index is 0.0137. The predicted octanol–water partition coefficient (Wildman–Crippen LogP) is 2.56. The van der Waals surface area contributed by atoms with Crippen molar-refractivity contribution in [2.45, 2.75) is 44.8 Å². The Kier molecular flexibility index (Phi) is 5.97. The van der Waals surface area contributed by atoms with E-state index in [0.29, 0.717) is 5.69 Å². The molecule has 0 saturated carbocycles. The van der Waals surface area contributed by atoms with Crippen LogP contribution in [0.25, 0.3) is 0 Å². The zero-order valence-corrected chi connectivity index (χ0v) is 17.7. The number of carbonyl (C=O) groups excluding carboxylic acids is 1. The van der Waals surface area contributed by atoms with Crippen LogP contribution in [0.3, 0.4) is 0 Å². The Bertz CT molecular complexity index is 996. The molecule has 0 radical (unpaired) electrons. The number of ether oxygens (including phenoxy) is 1. The van der Waals surface area contributed by atoms with Crippen molar-refractivity contribution in [3.05, 3.63) is 24.3 Å². The first-order valence-electron chi connectivity index (χ1n) is 9.59. The average Bonchev–Trinajstić information content (AvgIpc) is 3.03. The number of nitriles is 1. The Hall–Kier alpha value is -3.49. The summed E-state index contributed by atoms with van der Waals surface area (Å²) >= 11 is 0. The number of alkyl halides is 2. The van der Waals surface area contributed by atoms with Crippen molar-refractivity contribution < 1.29 is 18.3 Å². The molecule has 1 atom stereocenters. The number of hydrogen-bond donors (Lipinski definition) is 2. The van der Waals surface area contributed by atoms with Crippen molar-refractivity contribution >= 4 is 23.4 Å². The standard InChI is InChI=1S/C19H24F2N8O2/c1-18(2,3)31-17(30)26-12-5-19(20,21)11-29(10-12)15-8-23-14(6-22)16(27-15)25-13-7-24-28(4)9-13/h7-9,12H,5,10-11H2,1-4H3,(H,25,27)(H,26,30). The molecule has 2 N–H and O–H groups in total. The van der Waals surface area contributed by atoms with E-state index in [1.807, 2.05) is 6.07 Å². The number of carbonyl (C=O) groups is 1. The van der Waals surface area contributed by atoms with Crippen LogP contribution in [-0.2, 0) is 11.8 Å². The van der Waals surface area contributed by atoms with Crippen LogP contribution < -0.4 is 15.5 Å². The second-order valence-corrected chi connectivity index (χ2v) is 8.35. The van der Waals surface area contributed by atoms with Crippen molar-refractivity contribution in [1.82, 2.24) is 25.1 Å². The minimum atomic E-state index is -3.07. The van der Waals surface area contributed by atoms with E-state index in [-0.39, 0.29) is 23.9 Å². The van der Waals surface area contributed by atoms with Crippen molar-refractivity contribution in [3.63, 3.8) is 0 Å². The molecular weight excluding hydrogens is 410 g/mol. The normalized spacial score (nSPS) is 18.2. The van der Waals surface area contributed by atoms with Gasteiger partial charge in [0, 0.05) is 26.2 Å². The Balaban J connectivity index is 1.80. The van der Waals surface area contributed by atoms with E-state index in [1.165, 1.54) is 17.3 Å². The Morgan fingerprint density at radius 3 is 2.74 bits per heavy atom. The van der Waals surface area contributed by atoms with E-state index >= 15 is 0 Å². The van der Waals surface area contributed by atoms with E-state index in [9.17, 15) is 18.8 Å². The predicted molar refractivity (Wildman–Crippen MR) is 108 cm³/mol. The number of anilines is 3. The van der Waals surface area contributed by atoms with Crippen LogP contribution >= 0.6 is 0 Å². The third kappa shape index (κ3) is 6.00. The van der Waals surface area contributed by atoms with Crippen LogP contribution in [0.1, 0.15) is 32.9 Å². The van der Waals surface area contributed by atoms with Crippen LogP contribution in [0.4, 0.5) is 30.9 Å². The number of nitrogens with one attached hydrogen (secondary N) is 2. The third-order valence-corrected chi connectivity index (χ3v) is 4.29. The summed E-state index contributed by atoms with van der Waals surface area (Å²) in [5.74, 6) is -2.79. The summed E-state index contributed by atoms with van der Waals surface area (Å²) in [7, 11) is 1.73. The van der Waals surface area contributed by atoms with Gasteiger partial charge in [-0.2, -0.15) is 10.4 Å². The van der Waals surface area contributed by atoms with Crippen LogP contribution in [0.2, 0.25) is 0 Å². The van der Waals surface area contributed by atoms with E-state index in [0.717, 1.165) is 0 Å². The highest BCUT2D eigenvalue weighted by atomic mass is 19.3. The fraction of sp³-hybridized carbons (Fsp3) is 0.526. The molecule has 10 nitrogen and oxygen atoms in total. The number of rotatable bonds is 4. The van der Waals surface area contributed by atoms with Crippen LogP contribution in [-0.4, -0.2) is 56.5 Å². The maximum Gasteiger partial charge on any atom is 0.407 e. The lowest BCUT2D eigenvalue weighted by molar-refractivity contribution is -0.0231. The third-order valence-electron chi connectivity index (χ3n) is 4.29. The highest BCUT2D eigenvalue weighted by Gasteiger charge is 2.42. The summed E-state index contributed by atoms with van der Waals surface area (Å²) in [6, 6.07) is 1.07. The maximum absolute atomic E-state index is 14.4. The summed E-state index contributed by atoms with van der Waals surface area (Å²) in [5.41, 5.74) is -0.162. The highest BCUT2D eigenvalue weighted by Crippen LogP contribution is 2.30. The van der Waals surface area contributed by atoms with Gasteiger partial charge in [0.1, 0.15) is 17.5 Å². The lowest BCUT2D eigenvalue weighted by Gasteiger charge is -2.38. The molecule has 0 aliphatic carbocycles. The van der Waals surface area contributed by atoms with E-state index < -0.39 is 36.6 Å². The molecule has 1 aliphatic rings. The molecule has 1 fully saturated rings. The second-order valence-electron chi connectivity index (χ2n) is 8.35. The van der Waals surface area contributed by atoms with Gasteiger partial charge in [0.25, 0.3) is 5.92 Å². The number of halogens is 2. The van der Waals surface area contributed by atoms with Gasteiger partial charge in [-0.25, -0.2) is 23.5 Å². The van der Waals surface area contributed by atoms with Gasteiger partial charge in [0.2, 0.25) is 0 Å². The first-order chi connectivity index (χ1) is 14.4. The summed E-state index contributed by atoms with van der Waals surface area (Å²) in [6.07, 6.45) is 3.18. The number of piperidine rings is 1. The number of aromatic nitrogens is 4. The fourth-order valence-corrected chi connectivity index (χ4v) is 3.17. The van der Waals surface area contributed by atoms with Gasteiger partial charge >= 0.3 is 6.09 Å². The number of alkyl carbamates (subject to hydrolysis) is 1. The van der Waals surface area contributed by atoms with Gasteiger partial charge in [-0.3, -0.25) is 4.68 Å². The molecule has 2 aromatic heterocycles. The second kappa shape index (κ2) is 8.33. The zero-order valence-electron chi connectivity index (χ0n) is 17.7. The van der Waals surface area contributed by atoms with Gasteiger partial charge in [0.05, 0.1) is 30.7 Å². The fourth-order valence-electron chi connectivity index (χ4n) is 3.17. The molecule has 3 rings (SSSR count). The van der Waals surface area contributed by atoms with Crippen molar-refractivity contribution in [1.29, 1.82) is 5.26 Å². The van der Waals surface area contributed by atoms with E-state index in [1.54, 1.807) is 38.7 Å². The smallest absolute Gasteiger partial charge is 0.407 e. The lowest BCUT2D eigenvalue weighted by Crippen LogP contribution is -2.56. The lowest BCUT2D eigenvalue weighted by atomic mass is 10.0. The summed E-state index contributed by atoms with van der Waals surface area (Å²) in [6.45, 7) is 4.57. The van der Waals surface area contributed by atoms with Gasteiger partial charge in [0.15, 0.2) is 11.5 Å². The van der Waals surface area contributed by atoms with Crippen LogP contribution in [0, 0.1) is 11.3 Å². The topological polar surface area (TPSA) is 121 Å². The monoisotopic (exact) mass is 434 g/mol. The van der Waals surface area contributed by atoms with Crippen molar-refractivity contribution in [3.8, 4) is 6.07 Å². The number of nitrogens with zero attached hydrogens (tertiary/aromatic N) is 6. The van der Waals surface area contributed by atoms with Gasteiger partial charge < -0.3 is 20.3 Å². The molecule has 31 heavy (non-hydrogen) atoms. The quantitative estimate of drug-likeness (QED) is 0.753. The SMILES string of the molecule is Cn1cc(Nc2nc(N3CC(NC(=O)OC(C)(C)C)CC(F)(F)C3)cnc2C#N)cn1. The number of aryl methyl sites for hydroxylation is 1. The summed E-state index contributed by atoms with van der Waals surface area (Å²) in [4.78, 5) is 21.7. The van der Waals surface area contributed by atoms with Crippen molar-refractivity contribution in [2.24, 2.45) is 7.05 Å². The van der Waals surface area contributed by atoms with Gasteiger partial charge in [-0.1, -0.05) is 0 Å². The summed E-state index contributed by atoms with van der Waals surface area (Å²) < 4.78 is 35.6. The van der Waals surface area contributed by atoms with E-state index in [2.05, 4.69) is 25.7 Å². The molecule has 1 saturated heterocycles. The van der Waals surface area contributed by atoms with Gasteiger partial charge in [-0.15, -0.1) is 0 Å². The largest absolute Gasteiger partial charge is 0.444 e. The zero-order chi connectivity index (χ0) is 22.8. The molecule has 1 amide bonds. The molecule has 166 valence electrons. The first-order valence-corrected chi connectivity index (χ1v) is 9.59. The van der Waals surface area contributed by atoms with Crippen molar-refractivity contribution in [2.75, 3.05) is 23.3 Å². The van der Waals surface area contributed by atoms with E-state index in [4.69, 9.17) is 4.74 Å². The number of amides is 1. The number of hydrogen-bond acceptors (Lipinski definition) is 8. The maximum atomic E-state index is 14.4. The molecule has 1 unspecified atom stereocenters. The molecule has 0 bridgehead atoms. The molecule has 12 heteroatoms. The average molecular weight is 434 g/mol. The highest BCUT2D eigenvalue weighted by molar-refractivity contribution is 5.68. The molecule has 0 spiro atoms. The molecule has 1 aliphatic heterocycles. The first kappa shape index (κ1) is 22.2. The molecule has 3 heterocycles. The Morgan fingerprint density at radius 1 is 1.39 bits per heavy atom. The molecule has 2 aromatic rings. The molecular formula is C19H24F2N8O2. The van der Waals surface area contributed by atoms with Crippen LogP contribution in [0.15, 0.2) is 18.6 Å². The molecule has 0 aromatic carbocycles. The summed E-state index contributed by atoms with van der Waals surface area (Å²) in [5, 5.41) is 18.8. The van der Waals surface area contributed by atoms with Crippen LogP contribution in [0.5, 0.6) is 0 Å². The minimum Gasteiger partial charge on any atom is -0.444 e. The van der Waals surface area contributed by atoms with Gasteiger partial charge in [-0.05, 0) is 20.8 Å².